The van der Waals surface area contributed by atoms with Crippen LogP contribution in [-0.2, 0) is 27.8 Å². The minimum Gasteiger partial charge on any atom is -0.349 e. The van der Waals surface area contributed by atoms with Gasteiger partial charge in [0.2, 0.25) is 15.9 Å². The van der Waals surface area contributed by atoms with Crippen LogP contribution in [0.25, 0.3) is 0 Å². The van der Waals surface area contributed by atoms with Crippen LogP contribution in [0.15, 0.2) is 71.8 Å². The SMILES string of the molecule is Cc1cc(C)c(S(=O)(=O)N[C@@H](Cc2ccccc2)C(=O)NCc2ccccn2)c(C)c1. The van der Waals surface area contributed by atoms with E-state index in [1.54, 1.807) is 32.2 Å². The molecule has 3 aromatic rings. The van der Waals surface area contributed by atoms with Gasteiger partial charge in [0.25, 0.3) is 0 Å². The van der Waals surface area contributed by atoms with Crippen molar-refractivity contribution < 1.29 is 13.2 Å². The number of hydrogen-bond acceptors (Lipinski definition) is 4. The molecule has 162 valence electrons. The highest BCUT2D eigenvalue weighted by Crippen LogP contribution is 2.22. The third-order valence-corrected chi connectivity index (χ3v) is 6.72. The van der Waals surface area contributed by atoms with E-state index in [9.17, 15) is 13.2 Å². The lowest BCUT2D eigenvalue weighted by Gasteiger charge is -2.20. The fraction of sp³-hybridized carbons (Fsp3) is 0.250. The van der Waals surface area contributed by atoms with E-state index >= 15 is 0 Å². The number of nitrogens with zero attached hydrogens (tertiary/aromatic N) is 1. The zero-order chi connectivity index (χ0) is 22.4. The van der Waals surface area contributed by atoms with E-state index in [4.69, 9.17) is 0 Å². The van der Waals surface area contributed by atoms with Crippen molar-refractivity contribution in [3.63, 3.8) is 0 Å². The first-order valence-electron chi connectivity index (χ1n) is 10.1. The molecule has 0 aliphatic heterocycles. The molecule has 2 aromatic carbocycles. The van der Waals surface area contributed by atoms with E-state index in [1.165, 1.54) is 0 Å². The minimum atomic E-state index is -3.91. The number of sulfonamides is 1. The Labute approximate surface area is 183 Å². The van der Waals surface area contributed by atoms with Crippen molar-refractivity contribution in [2.24, 2.45) is 0 Å². The second-order valence-corrected chi connectivity index (χ2v) is 9.28. The fourth-order valence-corrected chi connectivity index (χ4v) is 5.33. The number of aromatic nitrogens is 1. The average Bonchev–Trinajstić information content (AvgIpc) is 2.72. The van der Waals surface area contributed by atoms with Gasteiger partial charge in [-0.3, -0.25) is 9.78 Å². The van der Waals surface area contributed by atoms with Gasteiger partial charge in [-0.05, 0) is 56.0 Å². The second kappa shape index (κ2) is 9.85. The molecule has 1 atom stereocenters. The minimum absolute atomic E-state index is 0.216. The molecule has 0 bridgehead atoms. The lowest BCUT2D eigenvalue weighted by atomic mass is 10.1. The van der Waals surface area contributed by atoms with Crippen LogP contribution in [0.4, 0.5) is 0 Å². The summed E-state index contributed by atoms with van der Waals surface area (Å²) < 4.78 is 29.2. The molecule has 31 heavy (non-hydrogen) atoms. The summed E-state index contributed by atoms with van der Waals surface area (Å²) in [5, 5.41) is 2.80. The normalized spacial score (nSPS) is 12.4. The topological polar surface area (TPSA) is 88.2 Å². The standard InChI is InChI=1S/C24H27N3O3S/c1-17-13-18(2)23(19(3)14-17)31(29,30)27-22(15-20-9-5-4-6-10-20)24(28)26-16-21-11-7-8-12-25-21/h4-14,22,27H,15-16H2,1-3H3,(H,26,28)/t22-/m0/s1. The molecule has 0 aliphatic rings. The van der Waals surface area contributed by atoms with Crippen LogP contribution in [0.3, 0.4) is 0 Å². The smallest absolute Gasteiger partial charge is 0.241 e. The van der Waals surface area contributed by atoms with E-state index in [1.807, 2.05) is 55.5 Å². The van der Waals surface area contributed by atoms with E-state index in [2.05, 4.69) is 15.0 Å². The van der Waals surface area contributed by atoms with Crippen LogP contribution >= 0.6 is 0 Å². The molecule has 0 unspecified atom stereocenters. The van der Waals surface area contributed by atoms with Gasteiger partial charge in [0.05, 0.1) is 17.1 Å². The van der Waals surface area contributed by atoms with Gasteiger partial charge in [0, 0.05) is 6.20 Å². The molecule has 0 spiro atoms. The average molecular weight is 438 g/mol. The van der Waals surface area contributed by atoms with E-state index in [0.29, 0.717) is 16.8 Å². The van der Waals surface area contributed by atoms with Crippen LogP contribution < -0.4 is 10.0 Å². The molecule has 3 rings (SSSR count). The Kier molecular flexibility index (Phi) is 7.20. The summed E-state index contributed by atoms with van der Waals surface area (Å²) >= 11 is 0. The molecule has 6 nitrogen and oxygen atoms in total. The Hall–Kier alpha value is -3.03. The monoisotopic (exact) mass is 437 g/mol. The van der Waals surface area contributed by atoms with Crippen molar-refractivity contribution in [1.29, 1.82) is 0 Å². The molecular formula is C24H27N3O3S. The summed E-state index contributed by atoms with van der Waals surface area (Å²) in [5.41, 5.74) is 3.85. The summed E-state index contributed by atoms with van der Waals surface area (Å²) in [6.45, 7) is 5.67. The second-order valence-electron chi connectivity index (χ2n) is 7.63. The largest absolute Gasteiger partial charge is 0.349 e. The first-order valence-corrected chi connectivity index (χ1v) is 11.6. The lowest BCUT2D eigenvalue weighted by molar-refractivity contribution is -0.122. The van der Waals surface area contributed by atoms with Gasteiger partial charge in [0.1, 0.15) is 6.04 Å². The Balaban J connectivity index is 1.86. The Morgan fingerprint density at radius 1 is 0.968 bits per heavy atom. The predicted molar refractivity (Wildman–Crippen MR) is 121 cm³/mol. The molecule has 1 heterocycles. The molecule has 1 aromatic heterocycles. The molecule has 0 saturated heterocycles. The maximum absolute atomic E-state index is 13.3. The summed E-state index contributed by atoms with van der Waals surface area (Å²) in [4.78, 5) is 17.4. The number of rotatable bonds is 8. The molecular weight excluding hydrogens is 410 g/mol. The summed E-state index contributed by atoms with van der Waals surface area (Å²) in [5.74, 6) is -0.402. The number of carbonyl (C=O) groups is 1. The van der Waals surface area contributed by atoms with Gasteiger partial charge in [-0.25, -0.2) is 8.42 Å². The Morgan fingerprint density at radius 2 is 1.61 bits per heavy atom. The van der Waals surface area contributed by atoms with E-state index < -0.39 is 22.0 Å². The van der Waals surface area contributed by atoms with Gasteiger partial charge >= 0.3 is 0 Å². The Morgan fingerprint density at radius 3 is 2.23 bits per heavy atom. The molecule has 0 aliphatic carbocycles. The summed E-state index contributed by atoms with van der Waals surface area (Å²) in [6, 6.07) is 17.5. The van der Waals surface area contributed by atoms with Gasteiger partial charge in [-0.15, -0.1) is 0 Å². The maximum Gasteiger partial charge on any atom is 0.241 e. The third kappa shape index (κ3) is 5.99. The lowest BCUT2D eigenvalue weighted by Crippen LogP contribution is -2.48. The van der Waals surface area contributed by atoms with Crippen LogP contribution in [0.1, 0.15) is 27.9 Å². The first-order chi connectivity index (χ1) is 14.8. The zero-order valence-corrected chi connectivity index (χ0v) is 18.7. The van der Waals surface area contributed by atoms with Gasteiger partial charge in [0.15, 0.2) is 0 Å². The van der Waals surface area contributed by atoms with Crippen molar-refractivity contribution in [2.75, 3.05) is 0 Å². The van der Waals surface area contributed by atoms with Crippen LogP contribution in [-0.4, -0.2) is 25.4 Å². The van der Waals surface area contributed by atoms with Crippen LogP contribution in [0, 0.1) is 20.8 Å². The van der Waals surface area contributed by atoms with Crippen molar-refractivity contribution in [3.05, 3.63) is 94.8 Å². The van der Waals surface area contributed by atoms with Crippen molar-refractivity contribution in [3.8, 4) is 0 Å². The molecule has 2 N–H and O–H groups in total. The van der Waals surface area contributed by atoms with E-state index in [-0.39, 0.29) is 17.9 Å². The molecule has 1 amide bonds. The maximum atomic E-state index is 13.3. The predicted octanol–water partition coefficient (Wildman–Crippen LogP) is 3.21. The van der Waals surface area contributed by atoms with E-state index in [0.717, 1.165) is 11.1 Å². The first kappa shape index (κ1) is 22.7. The number of aryl methyl sites for hydroxylation is 3. The molecule has 0 saturated carbocycles. The number of carbonyl (C=O) groups excluding carboxylic acids is 1. The summed E-state index contributed by atoms with van der Waals surface area (Å²) in [6.07, 6.45) is 1.88. The van der Waals surface area contributed by atoms with Crippen molar-refractivity contribution in [2.45, 2.75) is 44.7 Å². The third-order valence-electron chi connectivity index (χ3n) is 4.94. The quantitative estimate of drug-likeness (QED) is 0.566. The van der Waals surface area contributed by atoms with Crippen molar-refractivity contribution in [1.82, 2.24) is 15.0 Å². The van der Waals surface area contributed by atoms with Crippen LogP contribution in [0.5, 0.6) is 0 Å². The molecule has 7 heteroatoms. The molecule has 0 radical (unpaired) electrons. The zero-order valence-electron chi connectivity index (χ0n) is 17.9. The van der Waals surface area contributed by atoms with Gasteiger partial charge < -0.3 is 5.32 Å². The highest BCUT2D eigenvalue weighted by molar-refractivity contribution is 7.89. The fourth-order valence-electron chi connectivity index (χ4n) is 3.68. The number of amides is 1. The highest BCUT2D eigenvalue weighted by atomic mass is 32.2. The molecule has 0 fully saturated rings. The number of pyridine rings is 1. The highest BCUT2D eigenvalue weighted by Gasteiger charge is 2.28. The van der Waals surface area contributed by atoms with Crippen LogP contribution in [0.2, 0.25) is 0 Å². The van der Waals surface area contributed by atoms with Gasteiger partial charge in [-0.2, -0.15) is 4.72 Å². The number of nitrogens with one attached hydrogen (secondary N) is 2. The number of benzene rings is 2. The Bertz CT molecular complexity index is 1120. The number of hydrogen-bond donors (Lipinski definition) is 2. The summed E-state index contributed by atoms with van der Waals surface area (Å²) in [7, 11) is -3.91. The van der Waals surface area contributed by atoms with Crippen molar-refractivity contribution >= 4 is 15.9 Å². The van der Waals surface area contributed by atoms with Gasteiger partial charge in [-0.1, -0.05) is 54.1 Å².